The third-order valence-electron chi connectivity index (χ3n) is 4.23. The van der Waals surface area contributed by atoms with Gasteiger partial charge in [0.1, 0.15) is 11.5 Å². The average molecular weight is 404 g/mol. The summed E-state index contributed by atoms with van der Waals surface area (Å²) in [6.07, 6.45) is 0. The van der Waals surface area contributed by atoms with E-state index in [4.69, 9.17) is 14.7 Å². The molecule has 0 radical (unpaired) electrons. The average Bonchev–Trinajstić information content (AvgIpc) is 2.79. The van der Waals surface area contributed by atoms with Gasteiger partial charge in [0, 0.05) is 18.2 Å². The van der Waals surface area contributed by atoms with Gasteiger partial charge in [0.15, 0.2) is 6.61 Å². The Morgan fingerprint density at radius 3 is 2.67 bits per heavy atom. The van der Waals surface area contributed by atoms with Crippen LogP contribution in [0.4, 0.5) is 0 Å². The van der Waals surface area contributed by atoms with Crippen LogP contribution in [0.15, 0.2) is 65.5 Å². The Morgan fingerprint density at radius 1 is 1.13 bits per heavy atom. The summed E-state index contributed by atoms with van der Waals surface area (Å²) in [6.45, 7) is 0.279. The number of methoxy groups -OCH3 is 1. The van der Waals surface area contributed by atoms with Gasteiger partial charge >= 0.3 is 0 Å². The van der Waals surface area contributed by atoms with Gasteiger partial charge in [0.2, 0.25) is 0 Å². The van der Waals surface area contributed by atoms with Gasteiger partial charge in [-0.15, -0.1) is 0 Å². The number of benzene rings is 2. The Balaban J connectivity index is 1.54. The van der Waals surface area contributed by atoms with Gasteiger partial charge in [-0.2, -0.15) is 10.4 Å². The fraction of sp³-hybridized carbons (Fsp3) is 0.182. The molecule has 1 N–H and O–H groups in total. The van der Waals surface area contributed by atoms with Crippen molar-refractivity contribution in [1.29, 1.82) is 5.26 Å². The Labute approximate surface area is 173 Å². The van der Waals surface area contributed by atoms with E-state index in [-0.39, 0.29) is 31.2 Å². The molecule has 2 aromatic carbocycles. The van der Waals surface area contributed by atoms with E-state index in [2.05, 4.69) is 10.4 Å². The van der Waals surface area contributed by atoms with Crippen molar-refractivity contribution in [3.05, 3.63) is 76.6 Å². The molecular weight excluding hydrogens is 384 g/mol. The predicted octanol–water partition coefficient (Wildman–Crippen LogP) is 1.99. The number of amides is 1. The largest absolute Gasteiger partial charge is 0.497 e. The maximum absolute atomic E-state index is 12.1. The second-order valence-corrected chi connectivity index (χ2v) is 6.29. The van der Waals surface area contributed by atoms with E-state index in [1.165, 1.54) is 10.7 Å². The third-order valence-corrected chi connectivity index (χ3v) is 4.23. The highest BCUT2D eigenvalue weighted by Crippen LogP contribution is 2.21. The normalized spacial score (nSPS) is 10.1. The topological polar surface area (TPSA) is 106 Å². The number of hydrogen-bond donors (Lipinski definition) is 1. The third kappa shape index (κ3) is 5.45. The standard InChI is InChI=1S/C22H20N4O4/c1-29-19-4-2-3-17(13-19)20-9-10-22(28)26(25-20)12-11-24-21(27)15-30-18-7-5-16(14-23)6-8-18/h2-10,13H,11-12,15H2,1H3,(H,24,27). The molecule has 0 bridgehead atoms. The first-order chi connectivity index (χ1) is 14.6. The fourth-order valence-corrected chi connectivity index (χ4v) is 2.67. The zero-order valence-corrected chi connectivity index (χ0v) is 16.4. The van der Waals surface area contributed by atoms with Crippen LogP contribution in [0.1, 0.15) is 5.56 Å². The molecule has 1 heterocycles. The first-order valence-corrected chi connectivity index (χ1v) is 9.21. The number of nitrogens with one attached hydrogen (secondary N) is 1. The van der Waals surface area contributed by atoms with Crippen molar-refractivity contribution < 1.29 is 14.3 Å². The van der Waals surface area contributed by atoms with E-state index in [1.807, 2.05) is 30.3 Å². The van der Waals surface area contributed by atoms with Gasteiger partial charge in [-0.25, -0.2) is 4.68 Å². The minimum absolute atomic E-state index is 0.169. The summed E-state index contributed by atoms with van der Waals surface area (Å²) in [5.41, 5.74) is 1.71. The molecule has 1 aromatic heterocycles. The van der Waals surface area contributed by atoms with Crippen molar-refractivity contribution in [1.82, 2.24) is 15.1 Å². The molecule has 0 atom stereocenters. The minimum atomic E-state index is -0.323. The van der Waals surface area contributed by atoms with Crippen LogP contribution in [0, 0.1) is 11.3 Å². The van der Waals surface area contributed by atoms with Crippen molar-refractivity contribution in [2.24, 2.45) is 0 Å². The van der Waals surface area contributed by atoms with Crippen molar-refractivity contribution in [3.63, 3.8) is 0 Å². The van der Waals surface area contributed by atoms with E-state index in [9.17, 15) is 9.59 Å². The Morgan fingerprint density at radius 2 is 1.93 bits per heavy atom. The van der Waals surface area contributed by atoms with Crippen molar-refractivity contribution in [2.75, 3.05) is 20.3 Å². The highest BCUT2D eigenvalue weighted by Gasteiger charge is 2.07. The minimum Gasteiger partial charge on any atom is -0.497 e. The molecule has 0 aliphatic carbocycles. The zero-order chi connectivity index (χ0) is 21.3. The van der Waals surface area contributed by atoms with Gasteiger partial charge in [0.25, 0.3) is 11.5 Å². The van der Waals surface area contributed by atoms with Crippen LogP contribution >= 0.6 is 0 Å². The SMILES string of the molecule is COc1cccc(-c2ccc(=O)n(CCNC(=O)COc3ccc(C#N)cc3)n2)c1. The number of aromatic nitrogens is 2. The molecule has 0 saturated carbocycles. The number of nitriles is 1. The maximum Gasteiger partial charge on any atom is 0.266 e. The number of ether oxygens (including phenoxy) is 2. The van der Waals surface area contributed by atoms with Gasteiger partial charge in [-0.1, -0.05) is 12.1 Å². The number of hydrogen-bond acceptors (Lipinski definition) is 6. The van der Waals surface area contributed by atoms with E-state index < -0.39 is 0 Å². The van der Waals surface area contributed by atoms with Gasteiger partial charge in [-0.05, 0) is 42.5 Å². The number of carbonyl (C=O) groups excluding carboxylic acids is 1. The predicted molar refractivity (Wildman–Crippen MR) is 110 cm³/mol. The molecule has 0 aliphatic rings. The van der Waals surface area contributed by atoms with Crippen LogP contribution in [0.25, 0.3) is 11.3 Å². The molecule has 30 heavy (non-hydrogen) atoms. The molecule has 0 spiro atoms. The number of carbonyl (C=O) groups is 1. The molecule has 3 aromatic rings. The molecule has 0 fully saturated rings. The Bertz CT molecular complexity index is 1120. The second kappa shape index (κ2) is 9.89. The molecule has 1 amide bonds. The van der Waals surface area contributed by atoms with Crippen LogP contribution in [-0.4, -0.2) is 35.9 Å². The van der Waals surface area contributed by atoms with Crippen molar-refractivity contribution >= 4 is 5.91 Å². The van der Waals surface area contributed by atoms with Crippen LogP contribution < -0.4 is 20.3 Å². The lowest BCUT2D eigenvalue weighted by Gasteiger charge is -2.10. The summed E-state index contributed by atoms with van der Waals surface area (Å²) in [5, 5.41) is 15.8. The fourth-order valence-electron chi connectivity index (χ4n) is 2.67. The monoisotopic (exact) mass is 404 g/mol. The summed E-state index contributed by atoms with van der Waals surface area (Å²) in [4.78, 5) is 24.0. The van der Waals surface area contributed by atoms with Crippen LogP contribution in [0.5, 0.6) is 11.5 Å². The van der Waals surface area contributed by atoms with E-state index in [0.29, 0.717) is 22.8 Å². The molecule has 0 unspecified atom stereocenters. The molecule has 0 saturated heterocycles. The molecule has 0 aliphatic heterocycles. The molecule has 152 valence electrons. The van der Waals surface area contributed by atoms with Crippen LogP contribution in [-0.2, 0) is 11.3 Å². The smallest absolute Gasteiger partial charge is 0.266 e. The van der Waals surface area contributed by atoms with Crippen LogP contribution in [0.2, 0.25) is 0 Å². The Kier molecular flexibility index (Phi) is 6.79. The summed E-state index contributed by atoms with van der Waals surface area (Å²) in [5.74, 6) is 0.867. The lowest BCUT2D eigenvalue weighted by atomic mass is 10.1. The van der Waals surface area contributed by atoms with Crippen LogP contribution in [0.3, 0.4) is 0 Å². The first kappa shape index (κ1) is 20.6. The lowest BCUT2D eigenvalue weighted by Crippen LogP contribution is -2.34. The molecular formula is C22H20N4O4. The zero-order valence-electron chi connectivity index (χ0n) is 16.4. The highest BCUT2D eigenvalue weighted by atomic mass is 16.5. The van der Waals surface area contributed by atoms with E-state index >= 15 is 0 Å². The molecule has 3 rings (SSSR count). The van der Waals surface area contributed by atoms with Gasteiger partial charge in [0.05, 0.1) is 31.0 Å². The quantitative estimate of drug-likeness (QED) is 0.615. The number of rotatable bonds is 8. The Hall–Kier alpha value is -4.12. The molecule has 8 heteroatoms. The summed E-state index contributed by atoms with van der Waals surface area (Å²) < 4.78 is 11.9. The number of nitrogens with zero attached hydrogens (tertiary/aromatic N) is 3. The van der Waals surface area contributed by atoms with Gasteiger partial charge in [-0.3, -0.25) is 9.59 Å². The highest BCUT2D eigenvalue weighted by molar-refractivity contribution is 5.77. The summed E-state index contributed by atoms with van der Waals surface area (Å²) in [7, 11) is 1.58. The summed E-state index contributed by atoms with van der Waals surface area (Å²) >= 11 is 0. The maximum atomic E-state index is 12.1. The van der Waals surface area contributed by atoms with E-state index in [0.717, 1.165) is 5.56 Å². The lowest BCUT2D eigenvalue weighted by molar-refractivity contribution is -0.123. The van der Waals surface area contributed by atoms with Crippen molar-refractivity contribution in [3.8, 4) is 28.8 Å². The van der Waals surface area contributed by atoms with Gasteiger partial charge < -0.3 is 14.8 Å². The summed E-state index contributed by atoms with van der Waals surface area (Å²) in [6, 6.07) is 19.0. The van der Waals surface area contributed by atoms with Crippen molar-refractivity contribution in [2.45, 2.75) is 6.54 Å². The second-order valence-electron chi connectivity index (χ2n) is 6.29. The van der Waals surface area contributed by atoms with E-state index in [1.54, 1.807) is 37.4 Å². The first-order valence-electron chi connectivity index (χ1n) is 9.21. The molecule has 8 nitrogen and oxygen atoms in total.